The van der Waals surface area contributed by atoms with E-state index in [-0.39, 0.29) is 23.9 Å². The van der Waals surface area contributed by atoms with Gasteiger partial charge in [0.15, 0.2) is 0 Å². The summed E-state index contributed by atoms with van der Waals surface area (Å²) in [6, 6.07) is 14.9. The summed E-state index contributed by atoms with van der Waals surface area (Å²) >= 11 is 0. The molecule has 0 bridgehead atoms. The Kier molecular flexibility index (Phi) is 6.39. The standard InChI is InChI=1S/C25H31N3O3/c1-16-13-24(27-21-9-11-31-12-10-21)23-15-20(7-8-25(23)28(16)18(3)30)19-5-4-6-22(14-19)26-17(2)29/h4-8,14-16,21,24,27H,9-13H2,1-3H3,(H,26,29)/t16-,24+/m0/s1. The molecular formula is C25H31N3O3. The first-order valence-corrected chi connectivity index (χ1v) is 11.1. The van der Waals surface area contributed by atoms with E-state index in [1.54, 1.807) is 6.92 Å². The maximum atomic E-state index is 12.4. The van der Waals surface area contributed by atoms with E-state index in [0.29, 0.717) is 6.04 Å². The van der Waals surface area contributed by atoms with E-state index >= 15 is 0 Å². The topological polar surface area (TPSA) is 70.7 Å². The fraction of sp³-hybridized carbons (Fsp3) is 0.440. The van der Waals surface area contributed by atoms with Crippen LogP contribution in [0.25, 0.3) is 11.1 Å². The number of hydrogen-bond acceptors (Lipinski definition) is 4. The number of rotatable bonds is 4. The first-order chi connectivity index (χ1) is 14.9. The fourth-order valence-electron chi connectivity index (χ4n) is 4.81. The quantitative estimate of drug-likeness (QED) is 0.774. The predicted molar refractivity (Wildman–Crippen MR) is 123 cm³/mol. The molecule has 0 saturated carbocycles. The van der Waals surface area contributed by atoms with E-state index in [1.165, 1.54) is 6.92 Å². The molecule has 2 aromatic rings. The largest absolute Gasteiger partial charge is 0.381 e. The number of benzene rings is 2. The van der Waals surface area contributed by atoms with Gasteiger partial charge in [0, 0.05) is 56.6 Å². The summed E-state index contributed by atoms with van der Waals surface area (Å²) < 4.78 is 5.52. The molecule has 4 rings (SSSR count). The molecule has 6 heteroatoms. The van der Waals surface area contributed by atoms with Crippen molar-refractivity contribution in [3.8, 4) is 11.1 Å². The van der Waals surface area contributed by atoms with Crippen LogP contribution in [0, 0.1) is 0 Å². The van der Waals surface area contributed by atoms with Crippen molar-refractivity contribution in [2.45, 2.75) is 58.2 Å². The Morgan fingerprint density at radius 2 is 1.77 bits per heavy atom. The minimum atomic E-state index is -0.0885. The molecule has 164 valence electrons. The zero-order chi connectivity index (χ0) is 22.0. The van der Waals surface area contributed by atoms with Crippen molar-refractivity contribution in [3.05, 3.63) is 48.0 Å². The van der Waals surface area contributed by atoms with E-state index < -0.39 is 0 Å². The minimum absolute atomic E-state index is 0.0682. The van der Waals surface area contributed by atoms with Crippen LogP contribution in [0.4, 0.5) is 11.4 Å². The highest BCUT2D eigenvalue weighted by Gasteiger charge is 2.33. The summed E-state index contributed by atoms with van der Waals surface area (Å²) in [5.41, 5.74) is 5.02. The van der Waals surface area contributed by atoms with E-state index in [1.807, 2.05) is 29.2 Å². The van der Waals surface area contributed by atoms with E-state index in [9.17, 15) is 9.59 Å². The van der Waals surface area contributed by atoms with Gasteiger partial charge in [-0.2, -0.15) is 0 Å². The van der Waals surface area contributed by atoms with Gasteiger partial charge in [-0.1, -0.05) is 18.2 Å². The van der Waals surface area contributed by atoms with Crippen LogP contribution in [0.3, 0.4) is 0 Å². The smallest absolute Gasteiger partial charge is 0.224 e. The first-order valence-electron chi connectivity index (χ1n) is 11.1. The second kappa shape index (κ2) is 9.20. The van der Waals surface area contributed by atoms with Crippen LogP contribution < -0.4 is 15.5 Å². The van der Waals surface area contributed by atoms with Crippen LogP contribution in [-0.2, 0) is 14.3 Å². The molecule has 0 unspecified atom stereocenters. The van der Waals surface area contributed by atoms with Crippen LogP contribution in [0.5, 0.6) is 0 Å². The summed E-state index contributed by atoms with van der Waals surface area (Å²) in [5.74, 6) is -0.0203. The number of ether oxygens (including phenoxy) is 1. The van der Waals surface area contributed by atoms with Gasteiger partial charge in [-0.15, -0.1) is 0 Å². The van der Waals surface area contributed by atoms with E-state index in [4.69, 9.17) is 4.74 Å². The number of hydrogen-bond donors (Lipinski definition) is 2. The van der Waals surface area contributed by atoms with Gasteiger partial charge in [0.2, 0.25) is 11.8 Å². The molecule has 2 atom stereocenters. The highest BCUT2D eigenvalue weighted by atomic mass is 16.5. The molecule has 2 aliphatic heterocycles. The number of carbonyl (C=O) groups excluding carboxylic acids is 2. The molecule has 31 heavy (non-hydrogen) atoms. The van der Waals surface area contributed by atoms with E-state index in [0.717, 1.165) is 60.5 Å². The minimum Gasteiger partial charge on any atom is -0.381 e. The lowest BCUT2D eigenvalue weighted by Gasteiger charge is -2.41. The normalized spacial score (nSPS) is 21.5. The van der Waals surface area contributed by atoms with Crippen LogP contribution in [0.1, 0.15) is 51.6 Å². The Morgan fingerprint density at radius 3 is 2.48 bits per heavy atom. The molecular weight excluding hydrogens is 390 g/mol. The molecule has 0 aromatic heterocycles. The SMILES string of the molecule is CC(=O)Nc1cccc(-c2ccc3c(c2)[C@H](NC2CCOCC2)C[C@H](C)N3C(C)=O)c1. The molecule has 6 nitrogen and oxygen atoms in total. The molecule has 1 fully saturated rings. The number of amides is 2. The van der Waals surface area contributed by atoms with Crippen molar-refractivity contribution < 1.29 is 14.3 Å². The van der Waals surface area contributed by atoms with Gasteiger partial charge in [-0.05, 0) is 67.1 Å². The third-order valence-corrected chi connectivity index (χ3v) is 6.19. The first kappa shape index (κ1) is 21.5. The number of fused-ring (bicyclic) bond motifs is 1. The monoisotopic (exact) mass is 421 g/mol. The van der Waals surface area contributed by atoms with Crippen LogP contribution in [0.15, 0.2) is 42.5 Å². The molecule has 2 aromatic carbocycles. The van der Waals surface area contributed by atoms with Gasteiger partial charge in [0.25, 0.3) is 0 Å². The van der Waals surface area contributed by atoms with Crippen molar-refractivity contribution in [2.24, 2.45) is 0 Å². The lowest BCUT2D eigenvalue weighted by molar-refractivity contribution is -0.117. The Bertz CT molecular complexity index is 968. The molecule has 1 saturated heterocycles. The van der Waals surface area contributed by atoms with Gasteiger partial charge in [0.1, 0.15) is 0 Å². The predicted octanol–water partition coefficient (Wildman–Crippen LogP) is 4.27. The maximum Gasteiger partial charge on any atom is 0.224 e. The van der Waals surface area contributed by atoms with Gasteiger partial charge in [-0.25, -0.2) is 0 Å². The summed E-state index contributed by atoms with van der Waals surface area (Å²) in [4.78, 5) is 25.8. The Morgan fingerprint density at radius 1 is 1.03 bits per heavy atom. The molecule has 0 aliphatic carbocycles. The third kappa shape index (κ3) is 4.81. The Hall–Kier alpha value is -2.70. The average molecular weight is 422 g/mol. The van der Waals surface area contributed by atoms with Crippen molar-refractivity contribution >= 4 is 23.2 Å². The third-order valence-electron chi connectivity index (χ3n) is 6.19. The molecule has 2 N–H and O–H groups in total. The summed E-state index contributed by atoms with van der Waals surface area (Å²) in [7, 11) is 0. The Balaban J connectivity index is 1.70. The zero-order valence-electron chi connectivity index (χ0n) is 18.5. The van der Waals surface area contributed by atoms with Crippen molar-refractivity contribution in [1.29, 1.82) is 0 Å². The maximum absolute atomic E-state index is 12.4. The molecule has 2 aliphatic rings. The van der Waals surface area contributed by atoms with Crippen LogP contribution in [-0.4, -0.2) is 37.1 Å². The lowest BCUT2D eigenvalue weighted by atomic mass is 9.88. The van der Waals surface area contributed by atoms with Gasteiger partial charge < -0.3 is 20.3 Å². The fourth-order valence-corrected chi connectivity index (χ4v) is 4.81. The molecule has 2 amide bonds. The Labute approximate surface area is 184 Å². The van der Waals surface area contributed by atoms with Crippen LogP contribution >= 0.6 is 0 Å². The van der Waals surface area contributed by atoms with Crippen molar-refractivity contribution in [3.63, 3.8) is 0 Å². The zero-order valence-corrected chi connectivity index (χ0v) is 18.5. The van der Waals surface area contributed by atoms with E-state index in [2.05, 4.69) is 35.8 Å². The second-order valence-corrected chi connectivity index (χ2v) is 8.62. The van der Waals surface area contributed by atoms with Crippen molar-refractivity contribution in [1.82, 2.24) is 5.32 Å². The lowest BCUT2D eigenvalue weighted by Crippen LogP contribution is -2.47. The number of nitrogens with zero attached hydrogens (tertiary/aromatic N) is 1. The van der Waals surface area contributed by atoms with Gasteiger partial charge in [0.05, 0.1) is 0 Å². The van der Waals surface area contributed by atoms with Crippen LogP contribution in [0.2, 0.25) is 0 Å². The molecule has 0 spiro atoms. The summed E-state index contributed by atoms with van der Waals surface area (Å²) in [6.07, 6.45) is 2.89. The van der Waals surface area contributed by atoms with Crippen molar-refractivity contribution in [2.75, 3.05) is 23.4 Å². The summed E-state index contributed by atoms with van der Waals surface area (Å²) in [5, 5.41) is 6.70. The summed E-state index contributed by atoms with van der Waals surface area (Å²) in [6.45, 7) is 6.85. The number of carbonyl (C=O) groups is 2. The second-order valence-electron chi connectivity index (χ2n) is 8.62. The highest BCUT2D eigenvalue weighted by molar-refractivity contribution is 5.94. The molecule has 2 heterocycles. The average Bonchev–Trinajstić information content (AvgIpc) is 2.73. The van der Waals surface area contributed by atoms with Gasteiger partial charge in [-0.3, -0.25) is 9.59 Å². The molecule has 0 radical (unpaired) electrons. The number of nitrogens with one attached hydrogen (secondary N) is 2. The highest BCUT2D eigenvalue weighted by Crippen LogP contribution is 2.40. The number of anilines is 2. The van der Waals surface area contributed by atoms with Gasteiger partial charge >= 0.3 is 0 Å².